The van der Waals surface area contributed by atoms with E-state index in [0.29, 0.717) is 0 Å². The Morgan fingerprint density at radius 1 is 1.39 bits per heavy atom. The van der Waals surface area contributed by atoms with Gasteiger partial charge < -0.3 is 10.3 Å². The molecule has 1 aromatic heterocycles. The summed E-state index contributed by atoms with van der Waals surface area (Å²) in [4.78, 5) is 4.27. The van der Waals surface area contributed by atoms with E-state index in [9.17, 15) is 0 Å². The smallest absolute Gasteiger partial charge is 0.110 e. The molecule has 0 spiro atoms. The Kier molecular flexibility index (Phi) is 2.52. The first-order valence-corrected chi connectivity index (χ1v) is 6.50. The van der Waals surface area contributed by atoms with Gasteiger partial charge in [-0.3, -0.25) is 0 Å². The molecule has 18 heavy (non-hydrogen) atoms. The predicted octanol–water partition coefficient (Wildman–Crippen LogP) is 2.56. The molecule has 0 amide bonds. The van der Waals surface area contributed by atoms with Gasteiger partial charge in [0, 0.05) is 29.5 Å². The van der Waals surface area contributed by atoms with E-state index in [2.05, 4.69) is 40.7 Å². The molecule has 2 aromatic rings. The average Bonchev–Trinajstić information content (AvgIpc) is 3.07. The van der Waals surface area contributed by atoms with E-state index in [1.165, 1.54) is 24.1 Å². The van der Waals surface area contributed by atoms with E-state index in [0.717, 1.165) is 5.82 Å². The highest BCUT2D eigenvalue weighted by Gasteiger charge is 2.47. The number of aromatic nitrogens is 2. The molecule has 1 atom stereocenters. The van der Waals surface area contributed by atoms with E-state index in [4.69, 9.17) is 5.73 Å². The molecule has 0 aliphatic heterocycles. The molecule has 1 heterocycles. The third-order valence-corrected chi connectivity index (χ3v) is 4.19. The summed E-state index contributed by atoms with van der Waals surface area (Å²) in [5.74, 6) is 1.01. The van der Waals surface area contributed by atoms with Gasteiger partial charge in [0.05, 0.1) is 0 Å². The van der Waals surface area contributed by atoms with Crippen LogP contribution in [-0.4, -0.2) is 15.6 Å². The lowest BCUT2D eigenvalue weighted by Crippen LogP contribution is -2.31. The number of nitrogens with two attached hydrogens (primary N) is 1. The first kappa shape index (κ1) is 11.5. The van der Waals surface area contributed by atoms with Crippen molar-refractivity contribution in [2.75, 3.05) is 0 Å². The van der Waals surface area contributed by atoms with Crippen LogP contribution in [0.15, 0.2) is 36.7 Å². The number of benzene rings is 1. The zero-order valence-electron chi connectivity index (χ0n) is 10.9. The number of aryl methyl sites for hydroxylation is 1. The molecule has 3 rings (SSSR count). The number of nitrogens with zero attached hydrogens (tertiary/aromatic N) is 2. The van der Waals surface area contributed by atoms with Crippen LogP contribution in [-0.2, 0) is 5.41 Å². The molecular formula is C15H19N3. The second kappa shape index (κ2) is 3.95. The summed E-state index contributed by atoms with van der Waals surface area (Å²) in [5, 5.41) is 0. The molecular weight excluding hydrogens is 222 g/mol. The number of imidazole rings is 1. The second-order valence-corrected chi connectivity index (χ2v) is 5.34. The predicted molar refractivity (Wildman–Crippen MR) is 72.9 cm³/mol. The van der Waals surface area contributed by atoms with Crippen LogP contribution in [0.5, 0.6) is 0 Å². The highest BCUT2D eigenvalue weighted by Crippen LogP contribution is 2.50. The van der Waals surface area contributed by atoms with Gasteiger partial charge in [0.2, 0.25) is 0 Å². The van der Waals surface area contributed by atoms with Gasteiger partial charge in [0.1, 0.15) is 5.82 Å². The van der Waals surface area contributed by atoms with Gasteiger partial charge in [-0.2, -0.15) is 0 Å². The average molecular weight is 241 g/mol. The maximum absolute atomic E-state index is 6.14. The maximum atomic E-state index is 6.14. The van der Waals surface area contributed by atoms with Gasteiger partial charge in [0.15, 0.2) is 0 Å². The summed E-state index contributed by atoms with van der Waals surface area (Å²) in [6, 6.07) is 8.91. The van der Waals surface area contributed by atoms with E-state index in [1.807, 2.05) is 19.3 Å². The Labute approximate surface area is 108 Å². The molecule has 3 nitrogen and oxygen atoms in total. The topological polar surface area (TPSA) is 43.8 Å². The Morgan fingerprint density at radius 3 is 2.72 bits per heavy atom. The standard InChI is InChI=1S/C15H19N3/c1-11(16)15(6-7-15)13-4-3-5-14(10-13)18-9-8-17-12(18)2/h3-5,8-11H,6-7,16H2,1-2H3. The van der Waals surface area contributed by atoms with Crippen LogP contribution in [0.25, 0.3) is 5.69 Å². The minimum atomic E-state index is 0.213. The molecule has 2 N–H and O–H groups in total. The van der Waals surface area contributed by atoms with Crippen molar-refractivity contribution < 1.29 is 0 Å². The summed E-state index contributed by atoms with van der Waals surface area (Å²) in [5.41, 5.74) is 8.90. The lowest BCUT2D eigenvalue weighted by Gasteiger charge is -2.21. The lowest BCUT2D eigenvalue weighted by molar-refractivity contribution is 0.556. The zero-order chi connectivity index (χ0) is 12.8. The van der Waals surface area contributed by atoms with Gasteiger partial charge in [-0.1, -0.05) is 12.1 Å². The Balaban J connectivity index is 2.03. The molecule has 1 fully saturated rings. The van der Waals surface area contributed by atoms with Crippen molar-refractivity contribution >= 4 is 0 Å². The monoisotopic (exact) mass is 241 g/mol. The maximum Gasteiger partial charge on any atom is 0.110 e. The Morgan fingerprint density at radius 2 is 2.17 bits per heavy atom. The molecule has 1 aliphatic carbocycles. The van der Waals surface area contributed by atoms with E-state index < -0.39 is 0 Å². The van der Waals surface area contributed by atoms with Gasteiger partial charge in [-0.15, -0.1) is 0 Å². The normalized spacial score (nSPS) is 18.6. The molecule has 1 aromatic carbocycles. The summed E-state index contributed by atoms with van der Waals surface area (Å²) in [6.07, 6.45) is 6.24. The van der Waals surface area contributed by atoms with E-state index >= 15 is 0 Å². The van der Waals surface area contributed by atoms with Crippen LogP contribution < -0.4 is 5.73 Å². The van der Waals surface area contributed by atoms with Crippen LogP contribution in [0.3, 0.4) is 0 Å². The summed E-state index contributed by atoms with van der Waals surface area (Å²) in [6.45, 7) is 4.13. The van der Waals surface area contributed by atoms with Crippen molar-refractivity contribution in [3.05, 3.63) is 48.0 Å². The Hall–Kier alpha value is -1.61. The highest BCUT2D eigenvalue weighted by molar-refractivity contribution is 5.43. The third-order valence-electron chi connectivity index (χ3n) is 4.19. The molecule has 1 saturated carbocycles. The largest absolute Gasteiger partial charge is 0.327 e. The van der Waals surface area contributed by atoms with Crippen LogP contribution >= 0.6 is 0 Å². The van der Waals surface area contributed by atoms with Crippen molar-refractivity contribution in [1.82, 2.24) is 9.55 Å². The van der Waals surface area contributed by atoms with Gasteiger partial charge in [-0.05, 0) is 44.4 Å². The fourth-order valence-corrected chi connectivity index (χ4v) is 2.76. The summed E-state index contributed by atoms with van der Waals surface area (Å²) < 4.78 is 2.11. The quantitative estimate of drug-likeness (QED) is 0.897. The lowest BCUT2D eigenvalue weighted by atomic mass is 9.89. The van der Waals surface area contributed by atoms with Crippen LogP contribution in [0.4, 0.5) is 0 Å². The molecule has 0 bridgehead atoms. The van der Waals surface area contributed by atoms with Crippen molar-refractivity contribution in [2.45, 2.75) is 38.1 Å². The summed E-state index contributed by atoms with van der Waals surface area (Å²) >= 11 is 0. The van der Waals surface area contributed by atoms with Crippen molar-refractivity contribution in [3.63, 3.8) is 0 Å². The second-order valence-electron chi connectivity index (χ2n) is 5.34. The molecule has 94 valence electrons. The first-order valence-electron chi connectivity index (χ1n) is 6.50. The first-order chi connectivity index (χ1) is 8.63. The fraction of sp³-hybridized carbons (Fsp3) is 0.400. The van der Waals surface area contributed by atoms with Crippen molar-refractivity contribution in [3.8, 4) is 5.69 Å². The van der Waals surface area contributed by atoms with E-state index in [1.54, 1.807) is 0 Å². The van der Waals surface area contributed by atoms with Gasteiger partial charge in [0.25, 0.3) is 0 Å². The molecule has 3 heteroatoms. The van der Waals surface area contributed by atoms with Crippen LogP contribution in [0, 0.1) is 6.92 Å². The third kappa shape index (κ3) is 1.66. The highest BCUT2D eigenvalue weighted by atomic mass is 15.1. The fourth-order valence-electron chi connectivity index (χ4n) is 2.76. The minimum absolute atomic E-state index is 0.213. The molecule has 1 aliphatic rings. The number of rotatable bonds is 3. The van der Waals surface area contributed by atoms with Gasteiger partial charge >= 0.3 is 0 Å². The van der Waals surface area contributed by atoms with Crippen molar-refractivity contribution in [1.29, 1.82) is 0 Å². The van der Waals surface area contributed by atoms with Crippen LogP contribution in [0.1, 0.15) is 31.2 Å². The molecule has 0 radical (unpaired) electrons. The SMILES string of the molecule is Cc1nccn1-c1cccc(C2(C(C)N)CC2)c1. The zero-order valence-corrected chi connectivity index (χ0v) is 10.9. The molecule has 1 unspecified atom stereocenters. The van der Waals surface area contributed by atoms with E-state index in [-0.39, 0.29) is 11.5 Å². The Bertz CT molecular complexity index is 565. The minimum Gasteiger partial charge on any atom is -0.327 e. The van der Waals surface area contributed by atoms with Crippen LogP contribution in [0.2, 0.25) is 0 Å². The van der Waals surface area contributed by atoms with Crippen molar-refractivity contribution in [2.24, 2.45) is 5.73 Å². The number of hydrogen-bond donors (Lipinski definition) is 1. The number of hydrogen-bond acceptors (Lipinski definition) is 2. The van der Waals surface area contributed by atoms with Gasteiger partial charge in [-0.25, -0.2) is 4.98 Å². The summed E-state index contributed by atoms with van der Waals surface area (Å²) in [7, 11) is 0. The molecule has 0 saturated heterocycles.